The molecule has 1 aromatic carbocycles. The van der Waals surface area contributed by atoms with Crippen molar-refractivity contribution < 1.29 is 14.6 Å². The Bertz CT molecular complexity index is 491. The first-order valence-corrected chi connectivity index (χ1v) is 7.59. The summed E-state index contributed by atoms with van der Waals surface area (Å²) in [6.45, 7) is 1.63. The van der Waals surface area contributed by atoms with E-state index in [9.17, 15) is 4.79 Å². The van der Waals surface area contributed by atoms with Crippen LogP contribution in [0.1, 0.15) is 12.8 Å². The molecule has 0 aliphatic carbocycles. The molecule has 5 nitrogen and oxygen atoms in total. The summed E-state index contributed by atoms with van der Waals surface area (Å²) in [4.78, 5) is 13.9. The number of piperidine rings is 1. The third-order valence-corrected chi connectivity index (χ3v) is 4.08. The molecule has 0 aromatic heterocycles. The molecule has 1 heterocycles. The molecule has 0 saturated carbocycles. The fraction of sp³-hybridized carbons (Fsp3) is 0.500. The molecule has 1 aliphatic heterocycles. The van der Waals surface area contributed by atoms with Gasteiger partial charge in [0, 0.05) is 18.8 Å². The molecule has 116 valence electrons. The van der Waals surface area contributed by atoms with E-state index in [1.54, 1.807) is 23.1 Å². The van der Waals surface area contributed by atoms with Crippen LogP contribution in [0, 0.1) is 0 Å². The molecular weight excluding hydrogens is 315 g/mol. The summed E-state index contributed by atoms with van der Waals surface area (Å²) >= 11 is 11.8. The largest absolute Gasteiger partial charge is 0.394 e. The molecule has 7 heteroatoms. The van der Waals surface area contributed by atoms with Gasteiger partial charge in [-0.1, -0.05) is 23.2 Å². The van der Waals surface area contributed by atoms with Crippen LogP contribution in [0.2, 0.25) is 10.0 Å². The van der Waals surface area contributed by atoms with Crippen LogP contribution in [0.5, 0.6) is 0 Å². The Morgan fingerprint density at radius 1 is 1.33 bits per heavy atom. The monoisotopic (exact) mass is 332 g/mol. The summed E-state index contributed by atoms with van der Waals surface area (Å²) in [6.07, 6.45) is 1.66. The van der Waals surface area contributed by atoms with Gasteiger partial charge in [-0.3, -0.25) is 0 Å². The van der Waals surface area contributed by atoms with E-state index >= 15 is 0 Å². The standard InChI is InChI=1S/C14H18Cl2N2O3/c15-12-2-1-10(9-13(12)16)17-14(20)18-5-3-11(4-6-18)21-8-7-19/h1-2,9,11,19H,3-8H2,(H,17,20). The molecule has 2 rings (SSSR count). The second-order valence-electron chi connectivity index (χ2n) is 4.84. The number of carbonyl (C=O) groups excluding carboxylic acids is 1. The average Bonchev–Trinajstić information content (AvgIpc) is 2.49. The maximum absolute atomic E-state index is 12.1. The third-order valence-electron chi connectivity index (χ3n) is 3.34. The smallest absolute Gasteiger partial charge is 0.321 e. The minimum absolute atomic E-state index is 0.0258. The van der Waals surface area contributed by atoms with E-state index in [0.29, 0.717) is 35.4 Å². The molecule has 0 spiro atoms. The number of aliphatic hydroxyl groups is 1. The Kier molecular flexibility index (Phi) is 6.11. The van der Waals surface area contributed by atoms with Crippen molar-refractivity contribution in [3.8, 4) is 0 Å². The molecule has 1 saturated heterocycles. The molecule has 2 amide bonds. The van der Waals surface area contributed by atoms with E-state index in [-0.39, 0.29) is 18.7 Å². The Morgan fingerprint density at radius 2 is 2.05 bits per heavy atom. The molecule has 0 unspecified atom stereocenters. The number of halogens is 2. The summed E-state index contributed by atoms with van der Waals surface area (Å²) in [5.41, 5.74) is 0.619. The van der Waals surface area contributed by atoms with E-state index in [1.165, 1.54) is 0 Å². The number of hydrogen-bond donors (Lipinski definition) is 2. The summed E-state index contributed by atoms with van der Waals surface area (Å²) < 4.78 is 5.47. The lowest BCUT2D eigenvalue weighted by Gasteiger charge is -2.31. The van der Waals surface area contributed by atoms with Gasteiger partial charge >= 0.3 is 6.03 Å². The highest BCUT2D eigenvalue weighted by atomic mass is 35.5. The maximum atomic E-state index is 12.1. The number of likely N-dealkylation sites (tertiary alicyclic amines) is 1. The van der Waals surface area contributed by atoms with Gasteiger partial charge in [-0.25, -0.2) is 4.79 Å². The van der Waals surface area contributed by atoms with Crippen molar-refractivity contribution in [2.75, 3.05) is 31.6 Å². The normalized spacial score (nSPS) is 16.0. The van der Waals surface area contributed by atoms with Crippen LogP contribution in [-0.2, 0) is 4.74 Å². The van der Waals surface area contributed by atoms with Gasteiger partial charge in [0.15, 0.2) is 0 Å². The number of hydrogen-bond acceptors (Lipinski definition) is 3. The van der Waals surface area contributed by atoms with Gasteiger partial charge in [0.1, 0.15) is 0 Å². The summed E-state index contributed by atoms with van der Waals surface area (Å²) in [7, 11) is 0. The van der Waals surface area contributed by atoms with Crippen LogP contribution in [0.25, 0.3) is 0 Å². The first kappa shape index (κ1) is 16.4. The zero-order chi connectivity index (χ0) is 15.2. The van der Waals surface area contributed by atoms with Crippen molar-refractivity contribution in [3.63, 3.8) is 0 Å². The second kappa shape index (κ2) is 7.84. The minimum atomic E-state index is -0.158. The molecule has 0 radical (unpaired) electrons. The van der Waals surface area contributed by atoms with Crippen LogP contribution in [0.3, 0.4) is 0 Å². The number of nitrogens with one attached hydrogen (secondary N) is 1. The first-order valence-electron chi connectivity index (χ1n) is 6.83. The molecule has 21 heavy (non-hydrogen) atoms. The first-order chi connectivity index (χ1) is 10.1. The number of aliphatic hydroxyl groups excluding tert-OH is 1. The highest BCUT2D eigenvalue weighted by molar-refractivity contribution is 6.42. The summed E-state index contributed by atoms with van der Waals surface area (Å²) in [6, 6.07) is 4.82. The fourth-order valence-corrected chi connectivity index (χ4v) is 2.52. The molecule has 1 aromatic rings. The number of benzene rings is 1. The molecule has 2 N–H and O–H groups in total. The van der Waals surface area contributed by atoms with Gasteiger partial charge in [-0.05, 0) is 31.0 Å². The Labute approximate surface area is 133 Å². The zero-order valence-electron chi connectivity index (χ0n) is 11.5. The molecule has 0 bridgehead atoms. The average molecular weight is 333 g/mol. The lowest BCUT2D eigenvalue weighted by Crippen LogP contribution is -2.43. The van der Waals surface area contributed by atoms with E-state index in [1.807, 2.05) is 0 Å². The number of nitrogens with zero attached hydrogens (tertiary/aromatic N) is 1. The van der Waals surface area contributed by atoms with Crippen LogP contribution in [-0.4, -0.2) is 48.4 Å². The van der Waals surface area contributed by atoms with Gasteiger partial charge in [-0.2, -0.15) is 0 Å². The summed E-state index contributed by atoms with van der Waals surface area (Å²) in [5.74, 6) is 0. The number of rotatable bonds is 4. The SMILES string of the molecule is O=C(Nc1ccc(Cl)c(Cl)c1)N1CCC(OCCO)CC1. The highest BCUT2D eigenvalue weighted by Crippen LogP contribution is 2.25. The van der Waals surface area contributed by atoms with E-state index < -0.39 is 0 Å². The Hall–Kier alpha value is -1.01. The van der Waals surface area contributed by atoms with Crippen LogP contribution >= 0.6 is 23.2 Å². The highest BCUT2D eigenvalue weighted by Gasteiger charge is 2.23. The number of carbonyl (C=O) groups is 1. The lowest BCUT2D eigenvalue weighted by atomic mass is 10.1. The van der Waals surface area contributed by atoms with Crippen molar-refractivity contribution in [2.45, 2.75) is 18.9 Å². The lowest BCUT2D eigenvalue weighted by molar-refractivity contribution is -0.000875. The quantitative estimate of drug-likeness (QED) is 0.890. The van der Waals surface area contributed by atoms with Crippen molar-refractivity contribution in [1.82, 2.24) is 4.90 Å². The maximum Gasteiger partial charge on any atom is 0.321 e. The van der Waals surface area contributed by atoms with Gasteiger partial charge in [0.2, 0.25) is 0 Å². The fourth-order valence-electron chi connectivity index (χ4n) is 2.22. The number of anilines is 1. The molecule has 1 fully saturated rings. The third kappa shape index (κ3) is 4.74. The topological polar surface area (TPSA) is 61.8 Å². The van der Waals surface area contributed by atoms with Crippen molar-refractivity contribution >= 4 is 34.9 Å². The molecule has 0 atom stereocenters. The Morgan fingerprint density at radius 3 is 2.67 bits per heavy atom. The minimum Gasteiger partial charge on any atom is -0.394 e. The van der Waals surface area contributed by atoms with Crippen LogP contribution < -0.4 is 5.32 Å². The molecule has 1 aliphatic rings. The van der Waals surface area contributed by atoms with Crippen molar-refractivity contribution in [2.24, 2.45) is 0 Å². The predicted molar refractivity (Wildman–Crippen MR) is 83.1 cm³/mol. The Balaban J connectivity index is 1.83. The van der Waals surface area contributed by atoms with E-state index in [0.717, 1.165) is 12.8 Å². The van der Waals surface area contributed by atoms with Crippen LogP contribution in [0.4, 0.5) is 10.5 Å². The van der Waals surface area contributed by atoms with Gasteiger partial charge in [0.25, 0.3) is 0 Å². The second-order valence-corrected chi connectivity index (χ2v) is 5.65. The zero-order valence-corrected chi connectivity index (χ0v) is 13.0. The van der Waals surface area contributed by atoms with Crippen molar-refractivity contribution in [3.05, 3.63) is 28.2 Å². The number of amides is 2. The van der Waals surface area contributed by atoms with Crippen LogP contribution in [0.15, 0.2) is 18.2 Å². The van der Waals surface area contributed by atoms with Gasteiger partial charge in [0.05, 0.1) is 29.4 Å². The van der Waals surface area contributed by atoms with Crippen molar-refractivity contribution in [1.29, 1.82) is 0 Å². The number of urea groups is 1. The summed E-state index contributed by atoms with van der Waals surface area (Å²) in [5, 5.41) is 12.4. The van der Waals surface area contributed by atoms with Gasteiger partial charge < -0.3 is 20.1 Å². The van der Waals surface area contributed by atoms with E-state index in [2.05, 4.69) is 5.32 Å². The van der Waals surface area contributed by atoms with E-state index in [4.69, 9.17) is 33.0 Å². The van der Waals surface area contributed by atoms with Gasteiger partial charge in [-0.15, -0.1) is 0 Å². The predicted octanol–water partition coefficient (Wildman–Crippen LogP) is 3.00. The number of ether oxygens (including phenoxy) is 1. The molecular formula is C14H18Cl2N2O3.